The van der Waals surface area contributed by atoms with Crippen LogP contribution in [0.4, 0.5) is 4.39 Å². The number of halogens is 1. The van der Waals surface area contributed by atoms with Crippen LogP contribution in [-0.4, -0.2) is 4.98 Å². The largest absolute Gasteiger partial charge is 0.463 e. The van der Waals surface area contributed by atoms with E-state index in [1.54, 1.807) is 18.2 Å². The van der Waals surface area contributed by atoms with E-state index in [0.717, 1.165) is 0 Å². The molecule has 0 unspecified atom stereocenters. The molecule has 74 valence electrons. The Balaban J connectivity index is 2.72. The molecule has 4 heteroatoms. The quantitative estimate of drug-likeness (QED) is 0.609. The summed E-state index contributed by atoms with van der Waals surface area (Å²) in [5.74, 6) is -0.456. The molecular weight excluding hydrogens is 197 g/mol. The van der Waals surface area contributed by atoms with E-state index in [-0.39, 0.29) is 11.1 Å². The summed E-state index contributed by atoms with van der Waals surface area (Å²) in [6, 6.07) is 6.16. The Hall–Kier alpha value is -2.10. The molecule has 0 radical (unpaired) electrons. The van der Waals surface area contributed by atoms with E-state index in [9.17, 15) is 9.18 Å². The van der Waals surface area contributed by atoms with E-state index in [4.69, 9.17) is 4.42 Å². The van der Waals surface area contributed by atoms with E-state index in [0.29, 0.717) is 16.4 Å². The maximum atomic E-state index is 13.4. The van der Waals surface area contributed by atoms with Gasteiger partial charge >= 0.3 is 0 Å². The molecule has 2 aromatic heterocycles. The van der Waals surface area contributed by atoms with Gasteiger partial charge in [-0.3, -0.25) is 4.79 Å². The molecule has 0 aliphatic heterocycles. The highest BCUT2D eigenvalue weighted by Gasteiger charge is 2.09. The number of benzene rings is 1. The molecule has 1 aromatic carbocycles. The first kappa shape index (κ1) is 8.23. The minimum Gasteiger partial charge on any atom is -0.463 e. The smallest absolute Gasteiger partial charge is 0.259 e. The van der Waals surface area contributed by atoms with E-state index in [1.807, 2.05) is 0 Å². The van der Waals surface area contributed by atoms with Crippen LogP contribution in [0, 0.1) is 5.82 Å². The van der Waals surface area contributed by atoms with Crippen LogP contribution in [0.2, 0.25) is 0 Å². The first-order chi connectivity index (χ1) is 7.27. The first-order valence-corrected chi connectivity index (χ1v) is 4.45. The van der Waals surface area contributed by atoms with Crippen LogP contribution in [0.15, 0.2) is 39.7 Å². The van der Waals surface area contributed by atoms with Gasteiger partial charge in [0, 0.05) is 5.39 Å². The van der Waals surface area contributed by atoms with Crippen molar-refractivity contribution in [2.45, 2.75) is 0 Å². The van der Waals surface area contributed by atoms with Crippen LogP contribution in [0.3, 0.4) is 0 Å². The van der Waals surface area contributed by atoms with Gasteiger partial charge in [-0.25, -0.2) is 4.39 Å². The Labute approximate surface area is 83.1 Å². The summed E-state index contributed by atoms with van der Waals surface area (Å²) in [4.78, 5) is 14.0. The summed E-state index contributed by atoms with van der Waals surface area (Å²) >= 11 is 0. The van der Waals surface area contributed by atoms with Gasteiger partial charge in [0.15, 0.2) is 0 Å². The molecule has 15 heavy (non-hydrogen) atoms. The summed E-state index contributed by atoms with van der Waals surface area (Å²) in [6.07, 6.45) is 1.42. The number of pyridine rings is 1. The zero-order chi connectivity index (χ0) is 10.4. The number of para-hydroxylation sites is 1. The lowest BCUT2D eigenvalue weighted by atomic mass is 10.2. The monoisotopic (exact) mass is 203 g/mol. The van der Waals surface area contributed by atoms with Crippen LogP contribution in [-0.2, 0) is 0 Å². The average Bonchev–Trinajstić information content (AvgIpc) is 2.69. The fourth-order valence-corrected chi connectivity index (χ4v) is 1.72. The topological polar surface area (TPSA) is 46.0 Å². The highest BCUT2D eigenvalue weighted by atomic mass is 19.1. The molecule has 0 atom stereocenters. The molecule has 0 spiro atoms. The third kappa shape index (κ3) is 1.01. The van der Waals surface area contributed by atoms with Crippen molar-refractivity contribution < 1.29 is 8.81 Å². The maximum absolute atomic E-state index is 13.4. The van der Waals surface area contributed by atoms with Crippen molar-refractivity contribution in [2.24, 2.45) is 0 Å². The second-order valence-electron chi connectivity index (χ2n) is 3.28. The number of hydrogen-bond donors (Lipinski definition) is 1. The Morgan fingerprint density at radius 1 is 1.20 bits per heavy atom. The second kappa shape index (κ2) is 2.70. The number of rotatable bonds is 0. The van der Waals surface area contributed by atoms with Gasteiger partial charge in [0.1, 0.15) is 11.4 Å². The van der Waals surface area contributed by atoms with Crippen LogP contribution in [0.5, 0.6) is 0 Å². The molecule has 3 rings (SSSR count). The van der Waals surface area contributed by atoms with Gasteiger partial charge in [-0.2, -0.15) is 0 Å². The lowest BCUT2D eigenvalue weighted by Crippen LogP contribution is -2.05. The van der Waals surface area contributed by atoms with Crippen molar-refractivity contribution in [1.29, 1.82) is 0 Å². The summed E-state index contributed by atoms with van der Waals surface area (Å²) in [6.45, 7) is 0. The van der Waals surface area contributed by atoms with Crippen molar-refractivity contribution >= 4 is 21.9 Å². The average molecular weight is 203 g/mol. The Morgan fingerprint density at radius 2 is 2.07 bits per heavy atom. The lowest BCUT2D eigenvalue weighted by Gasteiger charge is -1.99. The molecule has 0 saturated carbocycles. The molecule has 1 N–H and O–H groups in total. The SMILES string of the molecule is O=c1[nH]c2c(F)cccc2c2occc12. The van der Waals surface area contributed by atoms with Gasteiger partial charge < -0.3 is 9.40 Å². The van der Waals surface area contributed by atoms with Crippen molar-refractivity contribution in [3.8, 4) is 0 Å². The molecule has 0 bridgehead atoms. The zero-order valence-corrected chi connectivity index (χ0v) is 7.58. The van der Waals surface area contributed by atoms with Crippen molar-refractivity contribution in [3.05, 3.63) is 46.7 Å². The molecule has 0 fully saturated rings. The fourth-order valence-electron chi connectivity index (χ4n) is 1.72. The van der Waals surface area contributed by atoms with Crippen LogP contribution in [0.25, 0.3) is 21.9 Å². The third-order valence-corrected chi connectivity index (χ3v) is 2.41. The van der Waals surface area contributed by atoms with Gasteiger partial charge in [0.25, 0.3) is 5.56 Å². The number of furan rings is 1. The molecule has 0 aliphatic carbocycles. The molecule has 0 saturated heterocycles. The number of aromatic amines is 1. The van der Waals surface area contributed by atoms with E-state index < -0.39 is 5.82 Å². The second-order valence-corrected chi connectivity index (χ2v) is 3.28. The molecule has 3 nitrogen and oxygen atoms in total. The third-order valence-electron chi connectivity index (χ3n) is 2.41. The van der Waals surface area contributed by atoms with Gasteiger partial charge in [0.2, 0.25) is 0 Å². The van der Waals surface area contributed by atoms with Gasteiger partial charge in [0.05, 0.1) is 17.2 Å². The zero-order valence-electron chi connectivity index (χ0n) is 7.58. The van der Waals surface area contributed by atoms with Crippen LogP contribution < -0.4 is 5.56 Å². The van der Waals surface area contributed by atoms with Gasteiger partial charge in [-0.15, -0.1) is 0 Å². The van der Waals surface area contributed by atoms with Crippen molar-refractivity contribution in [1.82, 2.24) is 4.98 Å². The fraction of sp³-hybridized carbons (Fsp3) is 0. The molecule has 2 heterocycles. The molecule has 0 aliphatic rings. The number of fused-ring (bicyclic) bond motifs is 3. The number of aromatic nitrogens is 1. The lowest BCUT2D eigenvalue weighted by molar-refractivity contribution is 0.617. The van der Waals surface area contributed by atoms with E-state index in [1.165, 1.54) is 12.3 Å². The highest BCUT2D eigenvalue weighted by molar-refractivity contribution is 6.01. The minimum atomic E-state index is -0.456. The maximum Gasteiger partial charge on any atom is 0.259 e. The van der Waals surface area contributed by atoms with Crippen molar-refractivity contribution in [3.63, 3.8) is 0 Å². The predicted octanol–water partition coefficient (Wildman–Crippen LogP) is 2.41. The standard InChI is InChI=1S/C11H6FNO2/c12-8-3-1-2-6-9(8)13-11(14)7-4-5-15-10(6)7/h1-5H,(H,13,14). The summed E-state index contributed by atoms with van der Waals surface area (Å²) in [5, 5.41) is 1.02. The first-order valence-electron chi connectivity index (χ1n) is 4.45. The van der Waals surface area contributed by atoms with Crippen LogP contribution >= 0.6 is 0 Å². The summed E-state index contributed by atoms with van der Waals surface area (Å²) in [7, 11) is 0. The Bertz CT molecular complexity index is 711. The normalized spacial score (nSPS) is 11.3. The van der Waals surface area contributed by atoms with E-state index >= 15 is 0 Å². The van der Waals surface area contributed by atoms with Crippen molar-refractivity contribution in [2.75, 3.05) is 0 Å². The molecular formula is C11H6FNO2. The highest BCUT2D eigenvalue weighted by Crippen LogP contribution is 2.23. The van der Waals surface area contributed by atoms with E-state index in [2.05, 4.69) is 4.98 Å². The van der Waals surface area contributed by atoms with Gasteiger partial charge in [-0.05, 0) is 18.2 Å². The Kier molecular flexibility index (Phi) is 1.48. The molecule has 3 aromatic rings. The summed E-state index contributed by atoms with van der Waals surface area (Å²) < 4.78 is 18.6. The van der Waals surface area contributed by atoms with Gasteiger partial charge in [-0.1, -0.05) is 6.07 Å². The molecule has 0 amide bonds. The van der Waals surface area contributed by atoms with Crippen LogP contribution in [0.1, 0.15) is 0 Å². The Morgan fingerprint density at radius 3 is 2.93 bits per heavy atom. The number of H-pyrrole nitrogens is 1. The predicted molar refractivity (Wildman–Crippen MR) is 54.3 cm³/mol. The number of hydrogen-bond acceptors (Lipinski definition) is 2. The minimum absolute atomic E-state index is 0.185. The summed E-state index contributed by atoms with van der Waals surface area (Å²) in [5.41, 5.74) is 0.273. The number of nitrogens with one attached hydrogen (secondary N) is 1.